The van der Waals surface area contributed by atoms with Crippen LogP contribution in [0.1, 0.15) is 13.3 Å². The van der Waals surface area contributed by atoms with Gasteiger partial charge in [0, 0.05) is 6.54 Å². The summed E-state index contributed by atoms with van der Waals surface area (Å²) >= 11 is 5.86. The molecule has 1 aromatic carbocycles. The molecule has 1 aromatic rings. The van der Waals surface area contributed by atoms with Crippen molar-refractivity contribution in [3.63, 3.8) is 0 Å². The van der Waals surface area contributed by atoms with Gasteiger partial charge in [-0.1, -0.05) is 30.7 Å². The summed E-state index contributed by atoms with van der Waals surface area (Å²) < 4.78 is 5.24. The molecule has 0 saturated carbocycles. The summed E-state index contributed by atoms with van der Waals surface area (Å²) in [6.07, 6.45) is 0.0883. The molecule has 1 unspecified atom stereocenters. The minimum atomic E-state index is -0.515. The van der Waals surface area contributed by atoms with Crippen molar-refractivity contribution in [2.45, 2.75) is 19.4 Å². The van der Waals surface area contributed by atoms with Crippen molar-refractivity contribution in [2.75, 3.05) is 13.2 Å². The Labute approximate surface area is 106 Å². The maximum absolute atomic E-state index is 11.4. The minimum absolute atomic E-state index is 0.111. The molecule has 4 nitrogen and oxygen atoms in total. The molecule has 0 radical (unpaired) electrons. The fourth-order valence-corrected chi connectivity index (χ4v) is 1.32. The lowest BCUT2D eigenvalue weighted by Crippen LogP contribution is -2.35. The molecule has 0 saturated heterocycles. The van der Waals surface area contributed by atoms with E-state index >= 15 is 0 Å². The van der Waals surface area contributed by atoms with Gasteiger partial charge >= 0.3 is 0 Å². The summed E-state index contributed by atoms with van der Waals surface area (Å²) in [6.45, 7) is 1.97. The number of nitrogens with one attached hydrogen (secondary N) is 1. The zero-order valence-corrected chi connectivity index (χ0v) is 10.4. The fourth-order valence-electron chi connectivity index (χ4n) is 1.13. The van der Waals surface area contributed by atoms with Gasteiger partial charge in [-0.3, -0.25) is 4.79 Å². The van der Waals surface area contributed by atoms with Gasteiger partial charge in [0.05, 0.1) is 11.1 Å². The van der Waals surface area contributed by atoms with Crippen LogP contribution in [0.15, 0.2) is 24.3 Å². The standard InChI is InChI=1S/C12H16ClNO3/c1-2-9(15)7-14-12(16)8-17-11-6-4-3-5-10(11)13/h3-6,9,15H,2,7-8H2,1H3,(H,14,16). The number of aliphatic hydroxyl groups is 1. The van der Waals surface area contributed by atoms with Gasteiger partial charge in [0.15, 0.2) is 6.61 Å². The van der Waals surface area contributed by atoms with Crippen molar-refractivity contribution in [3.05, 3.63) is 29.3 Å². The molecule has 5 heteroatoms. The molecule has 0 aliphatic heterocycles. The lowest BCUT2D eigenvalue weighted by atomic mass is 10.3. The monoisotopic (exact) mass is 257 g/mol. The number of benzene rings is 1. The molecule has 0 aliphatic rings. The van der Waals surface area contributed by atoms with E-state index in [0.29, 0.717) is 17.2 Å². The smallest absolute Gasteiger partial charge is 0.258 e. The number of hydrogen-bond acceptors (Lipinski definition) is 3. The van der Waals surface area contributed by atoms with Crippen LogP contribution in [0, 0.1) is 0 Å². The predicted molar refractivity (Wildman–Crippen MR) is 66.3 cm³/mol. The molecular weight excluding hydrogens is 242 g/mol. The van der Waals surface area contributed by atoms with Crippen LogP contribution in [0.4, 0.5) is 0 Å². The Morgan fingerprint density at radius 2 is 2.24 bits per heavy atom. The van der Waals surface area contributed by atoms with Crippen molar-refractivity contribution in [1.29, 1.82) is 0 Å². The SMILES string of the molecule is CCC(O)CNC(=O)COc1ccccc1Cl. The second-order valence-electron chi connectivity index (χ2n) is 3.59. The maximum atomic E-state index is 11.4. The first-order valence-electron chi connectivity index (χ1n) is 5.45. The molecule has 2 N–H and O–H groups in total. The zero-order chi connectivity index (χ0) is 12.7. The van der Waals surface area contributed by atoms with E-state index in [1.54, 1.807) is 24.3 Å². The first kappa shape index (κ1) is 13.8. The number of rotatable bonds is 6. The molecule has 1 rings (SSSR count). The topological polar surface area (TPSA) is 58.6 Å². The molecule has 17 heavy (non-hydrogen) atoms. The number of halogens is 1. The summed E-state index contributed by atoms with van der Waals surface area (Å²) in [5.74, 6) is 0.192. The van der Waals surface area contributed by atoms with E-state index in [0.717, 1.165) is 0 Å². The normalized spacial score (nSPS) is 11.9. The fraction of sp³-hybridized carbons (Fsp3) is 0.417. The largest absolute Gasteiger partial charge is 0.482 e. The Bertz CT molecular complexity index is 371. The van der Waals surface area contributed by atoms with Crippen LogP contribution in [0.2, 0.25) is 5.02 Å². The molecule has 0 spiro atoms. The number of ether oxygens (including phenoxy) is 1. The number of hydrogen-bond donors (Lipinski definition) is 2. The number of carbonyl (C=O) groups is 1. The molecule has 94 valence electrons. The third-order valence-corrected chi connectivity index (χ3v) is 2.51. The number of aliphatic hydroxyl groups excluding tert-OH is 1. The average Bonchev–Trinajstić information content (AvgIpc) is 2.35. The second-order valence-corrected chi connectivity index (χ2v) is 3.99. The molecule has 0 aromatic heterocycles. The Kier molecular flexibility index (Phi) is 5.80. The predicted octanol–water partition coefficient (Wildman–Crippen LogP) is 1.61. The summed E-state index contributed by atoms with van der Waals surface area (Å²) in [5.41, 5.74) is 0. The molecule has 0 bridgehead atoms. The lowest BCUT2D eigenvalue weighted by Gasteiger charge is -2.10. The number of amides is 1. The highest BCUT2D eigenvalue weighted by Crippen LogP contribution is 2.22. The molecular formula is C12H16ClNO3. The van der Waals surface area contributed by atoms with Gasteiger partial charge in [-0.25, -0.2) is 0 Å². The maximum Gasteiger partial charge on any atom is 0.258 e. The summed E-state index contributed by atoms with van der Waals surface area (Å²) in [6, 6.07) is 6.94. The molecule has 0 aliphatic carbocycles. The summed E-state index contributed by atoms with van der Waals surface area (Å²) in [4.78, 5) is 11.4. The van der Waals surface area contributed by atoms with Gasteiger partial charge in [-0.15, -0.1) is 0 Å². The van der Waals surface area contributed by atoms with Gasteiger partial charge in [-0.05, 0) is 18.6 Å². The summed E-state index contributed by atoms with van der Waals surface area (Å²) in [5, 5.41) is 12.3. The number of para-hydroxylation sites is 1. The van der Waals surface area contributed by atoms with E-state index in [2.05, 4.69) is 5.32 Å². The van der Waals surface area contributed by atoms with E-state index in [9.17, 15) is 9.90 Å². The highest BCUT2D eigenvalue weighted by molar-refractivity contribution is 6.32. The lowest BCUT2D eigenvalue weighted by molar-refractivity contribution is -0.123. The molecule has 0 heterocycles. The second kappa shape index (κ2) is 7.14. The van der Waals surface area contributed by atoms with E-state index in [4.69, 9.17) is 16.3 Å². The minimum Gasteiger partial charge on any atom is -0.482 e. The van der Waals surface area contributed by atoms with Crippen molar-refractivity contribution >= 4 is 17.5 Å². The van der Waals surface area contributed by atoms with Crippen LogP contribution in [0.3, 0.4) is 0 Å². The molecule has 1 atom stereocenters. The van der Waals surface area contributed by atoms with Gasteiger partial charge in [0.1, 0.15) is 5.75 Å². The van der Waals surface area contributed by atoms with E-state index < -0.39 is 6.10 Å². The third kappa shape index (κ3) is 5.06. The Morgan fingerprint density at radius 3 is 2.88 bits per heavy atom. The first-order valence-corrected chi connectivity index (χ1v) is 5.83. The van der Waals surface area contributed by atoms with Crippen LogP contribution in [-0.4, -0.2) is 30.3 Å². The highest BCUT2D eigenvalue weighted by atomic mass is 35.5. The van der Waals surface area contributed by atoms with Crippen LogP contribution in [0.25, 0.3) is 0 Å². The highest BCUT2D eigenvalue weighted by Gasteiger charge is 2.07. The van der Waals surface area contributed by atoms with Crippen molar-refractivity contribution in [3.8, 4) is 5.75 Å². The van der Waals surface area contributed by atoms with E-state index in [1.807, 2.05) is 6.92 Å². The van der Waals surface area contributed by atoms with E-state index in [1.165, 1.54) is 0 Å². The quantitative estimate of drug-likeness (QED) is 0.814. The van der Waals surface area contributed by atoms with Gasteiger partial charge in [0.2, 0.25) is 0 Å². The average molecular weight is 258 g/mol. The Balaban J connectivity index is 2.31. The van der Waals surface area contributed by atoms with Crippen LogP contribution < -0.4 is 10.1 Å². The third-order valence-electron chi connectivity index (χ3n) is 2.20. The van der Waals surface area contributed by atoms with Crippen molar-refractivity contribution < 1.29 is 14.6 Å². The van der Waals surface area contributed by atoms with E-state index in [-0.39, 0.29) is 19.1 Å². The van der Waals surface area contributed by atoms with Gasteiger partial charge < -0.3 is 15.2 Å². The van der Waals surface area contributed by atoms with Gasteiger partial charge in [0.25, 0.3) is 5.91 Å². The summed E-state index contributed by atoms with van der Waals surface area (Å²) in [7, 11) is 0. The number of carbonyl (C=O) groups excluding carboxylic acids is 1. The van der Waals surface area contributed by atoms with Gasteiger partial charge in [-0.2, -0.15) is 0 Å². The Hall–Kier alpha value is -1.26. The molecule has 1 amide bonds. The van der Waals surface area contributed by atoms with Crippen LogP contribution in [0.5, 0.6) is 5.75 Å². The Morgan fingerprint density at radius 1 is 1.53 bits per heavy atom. The first-order chi connectivity index (χ1) is 8.13. The zero-order valence-electron chi connectivity index (χ0n) is 9.65. The van der Waals surface area contributed by atoms with Crippen molar-refractivity contribution in [1.82, 2.24) is 5.32 Å². The van der Waals surface area contributed by atoms with Crippen LogP contribution in [-0.2, 0) is 4.79 Å². The van der Waals surface area contributed by atoms with Crippen LogP contribution >= 0.6 is 11.6 Å². The van der Waals surface area contributed by atoms with Crippen molar-refractivity contribution in [2.24, 2.45) is 0 Å². The molecule has 0 fully saturated rings.